The zero-order valence-electron chi connectivity index (χ0n) is 17.5. The predicted octanol–water partition coefficient (Wildman–Crippen LogP) is 3.13. The smallest absolute Gasteiger partial charge is 0.254 e. The van der Waals surface area contributed by atoms with Crippen LogP contribution in [0, 0.1) is 5.41 Å². The molecule has 0 radical (unpaired) electrons. The second-order valence-corrected chi connectivity index (χ2v) is 7.11. The molecule has 31 heavy (non-hydrogen) atoms. The topological polar surface area (TPSA) is 150 Å². The summed E-state index contributed by atoms with van der Waals surface area (Å²) in [5.41, 5.74) is 9.93. The number of nitrogens with zero attached hydrogens (tertiary/aromatic N) is 3. The van der Waals surface area contributed by atoms with Gasteiger partial charge in [-0.1, -0.05) is 18.9 Å². The molecule has 1 saturated carbocycles. The molecular weight excluding hydrogens is 396 g/mol. The number of rotatable bonds is 10. The lowest BCUT2D eigenvalue weighted by Crippen LogP contribution is -2.39. The highest BCUT2D eigenvalue weighted by molar-refractivity contribution is 6.14. The predicted molar refractivity (Wildman–Crippen MR) is 122 cm³/mol. The van der Waals surface area contributed by atoms with Crippen LogP contribution in [0.2, 0.25) is 0 Å². The monoisotopic (exact) mass is 424 g/mol. The Kier molecular flexibility index (Phi) is 7.88. The van der Waals surface area contributed by atoms with Crippen molar-refractivity contribution in [3.8, 4) is 0 Å². The number of hydrazone groups is 1. The van der Waals surface area contributed by atoms with Crippen LogP contribution in [-0.4, -0.2) is 47.1 Å². The van der Waals surface area contributed by atoms with Crippen molar-refractivity contribution >= 4 is 41.5 Å². The number of carbonyl (C=O) groups is 1. The first-order chi connectivity index (χ1) is 15.1. The number of nitrogens with one attached hydrogen (secondary N) is 4. The van der Waals surface area contributed by atoms with Crippen molar-refractivity contribution < 1.29 is 9.53 Å². The lowest BCUT2D eigenvalue weighted by atomic mass is 9.92. The number of anilines is 4. The zero-order chi connectivity index (χ0) is 22.1. The molecule has 1 aromatic heterocycles. The summed E-state index contributed by atoms with van der Waals surface area (Å²) in [6, 6.07) is 7.39. The average molecular weight is 425 g/mol. The van der Waals surface area contributed by atoms with Gasteiger partial charge < -0.3 is 26.5 Å². The molecule has 1 heterocycles. The number of benzene rings is 1. The Morgan fingerprint density at radius 3 is 2.94 bits per heavy atom. The van der Waals surface area contributed by atoms with Gasteiger partial charge in [-0.2, -0.15) is 10.1 Å². The van der Waals surface area contributed by atoms with Crippen LogP contribution in [0.25, 0.3) is 0 Å². The van der Waals surface area contributed by atoms with Gasteiger partial charge in [0.1, 0.15) is 11.4 Å². The average Bonchev–Trinajstić information content (AvgIpc) is 2.76. The van der Waals surface area contributed by atoms with Crippen LogP contribution in [-0.2, 0) is 4.74 Å². The van der Waals surface area contributed by atoms with Crippen molar-refractivity contribution in [2.75, 3.05) is 22.7 Å². The standard InChI is InChI=1S/C21H28N8O2/c1-2-31-18-9-4-3-8-17(18)27-21-24-13-16(19(23)30)20(28-21)26-14-6-5-7-15(12-14)29-25-11-10-22/h5-7,10-13,17-18,22,29H,2-4,8-9H2,1H3,(H2,23,30)(H2,24,26,27,28). The van der Waals surface area contributed by atoms with Crippen molar-refractivity contribution in [2.45, 2.75) is 44.8 Å². The third-order valence-electron chi connectivity index (χ3n) is 4.92. The molecule has 0 aliphatic heterocycles. The van der Waals surface area contributed by atoms with Crippen molar-refractivity contribution in [1.82, 2.24) is 9.97 Å². The summed E-state index contributed by atoms with van der Waals surface area (Å²) in [7, 11) is 0. The fourth-order valence-electron chi connectivity index (χ4n) is 3.52. The fraction of sp³-hybridized carbons (Fsp3) is 0.381. The van der Waals surface area contributed by atoms with Gasteiger partial charge in [0.05, 0.1) is 24.0 Å². The molecule has 164 valence electrons. The molecule has 0 spiro atoms. The molecule has 2 aromatic rings. The Labute approximate surface area is 181 Å². The lowest BCUT2D eigenvalue weighted by molar-refractivity contribution is 0.0279. The quantitative estimate of drug-likeness (QED) is 0.290. The van der Waals surface area contributed by atoms with E-state index >= 15 is 0 Å². The summed E-state index contributed by atoms with van der Waals surface area (Å²) in [5.74, 6) is 0.103. The molecule has 1 fully saturated rings. The number of amides is 1. The second kappa shape index (κ2) is 11.0. The largest absolute Gasteiger partial charge is 0.376 e. The SMILES string of the molecule is CCOC1CCCCC1Nc1ncc(C(N)=O)c(Nc2cccc(NN=CC=N)c2)n1. The third-order valence-corrected chi connectivity index (χ3v) is 4.92. The Balaban J connectivity index is 1.80. The minimum atomic E-state index is -0.622. The zero-order valence-corrected chi connectivity index (χ0v) is 17.5. The van der Waals surface area contributed by atoms with E-state index in [2.05, 4.69) is 31.1 Å². The minimum Gasteiger partial charge on any atom is -0.376 e. The van der Waals surface area contributed by atoms with E-state index in [-0.39, 0.29) is 17.7 Å². The second-order valence-electron chi connectivity index (χ2n) is 7.11. The van der Waals surface area contributed by atoms with Gasteiger partial charge in [-0.05, 0) is 38.0 Å². The van der Waals surface area contributed by atoms with Crippen molar-refractivity contribution in [1.29, 1.82) is 5.41 Å². The van der Waals surface area contributed by atoms with E-state index in [4.69, 9.17) is 15.9 Å². The first-order valence-corrected chi connectivity index (χ1v) is 10.3. The number of hydrogen-bond acceptors (Lipinski definition) is 9. The van der Waals surface area contributed by atoms with Gasteiger partial charge in [0.2, 0.25) is 5.95 Å². The number of primary amides is 1. The summed E-state index contributed by atoms with van der Waals surface area (Å²) in [6.07, 6.45) is 8.17. The van der Waals surface area contributed by atoms with E-state index in [9.17, 15) is 4.79 Å². The summed E-state index contributed by atoms with van der Waals surface area (Å²) >= 11 is 0. The van der Waals surface area contributed by atoms with Gasteiger partial charge in [-0.25, -0.2) is 4.98 Å². The van der Waals surface area contributed by atoms with Crippen LogP contribution in [0.15, 0.2) is 35.6 Å². The van der Waals surface area contributed by atoms with Gasteiger partial charge in [-0.15, -0.1) is 0 Å². The summed E-state index contributed by atoms with van der Waals surface area (Å²) < 4.78 is 5.87. The highest BCUT2D eigenvalue weighted by Gasteiger charge is 2.26. The highest BCUT2D eigenvalue weighted by atomic mass is 16.5. The first kappa shape index (κ1) is 22.2. The number of ether oxygens (including phenoxy) is 1. The molecule has 0 saturated heterocycles. The van der Waals surface area contributed by atoms with Crippen molar-refractivity contribution in [3.05, 3.63) is 36.0 Å². The van der Waals surface area contributed by atoms with Crippen LogP contribution in [0.5, 0.6) is 0 Å². The van der Waals surface area contributed by atoms with E-state index in [1.54, 1.807) is 6.07 Å². The van der Waals surface area contributed by atoms with Crippen LogP contribution >= 0.6 is 0 Å². The highest BCUT2D eigenvalue weighted by Crippen LogP contribution is 2.26. The van der Waals surface area contributed by atoms with E-state index < -0.39 is 5.91 Å². The molecule has 10 heteroatoms. The summed E-state index contributed by atoms with van der Waals surface area (Å²) in [5, 5.41) is 17.4. The van der Waals surface area contributed by atoms with E-state index in [0.29, 0.717) is 29.7 Å². The molecule has 6 N–H and O–H groups in total. The molecular formula is C21H28N8O2. The number of aromatic nitrogens is 2. The van der Waals surface area contributed by atoms with Gasteiger partial charge in [-0.3, -0.25) is 10.2 Å². The lowest BCUT2D eigenvalue weighted by Gasteiger charge is -2.31. The first-order valence-electron chi connectivity index (χ1n) is 10.3. The number of carbonyl (C=O) groups excluding carboxylic acids is 1. The van der Waals surface area contributed by atoms with Crippen LogP contribution in [0.1, 0.15) is 43.0 Å². The number of nitrogens with two attached hydrogens (primary N) is 1. The molecule has 1 aromatic carbocycles. The Bertz CT molecular complexity index is 931. The third kappa shape index (κ3) is 6.22. The Morgan fingerprint density at radius 2 is 2.16 bits per heavy atom. The number of hydrogen-bond donors (Lipinski definition) is 5. The van der Waals surface area contributed by atoms with Gasteiger partial charge in [0.25, 0.3) is 5.91 Å². The van der Waals surface area contributed by atoms with Gasteiger partial charge >= 0.3 is 0 Å². The van der Waals surface area contributed by atoms with Crippen molar-refractivity contribution in [2.24, 2.45) is 10.8 Å². The molecule has 1 aliphatic rings. The summed E-state index contributed by atoms with van der Waals surface area (Å²) in [6.45, 7) is 2.65. The molecule has 2 atom stereocenters. The van der Waals surface area contributed by atoms with Crippen LogP contribution in [0.4, 0.5) is 23.1 Å². The van der Waals surface area contributed by atoms with Gasteiger partial charge in [0.15, 0.2) is 0 Å². The fourth-order valence-corrected chi connectivity index (χ4v) is 3.52. The van der Waals surface area contributed by atoms with E-state index in [0.717, 1.165) is 31.9 Å². The molecule has 10 nitrogen and oxygen atoms in total. The molecule has 1 aliphatic carbocycles. The minimum absolute atomic E-state index is 0.110. The maximum absolute atomic E-state index is 11.9. The Morgan fingerprint density at radius 1 is 1.35 bits per heavy atom. The molecule has 1 amide bonds. The normalized spacial score (nSPS) is 18.5. The molecule has 2 unspecified atom stereocenters. The maximum atomic E-state index is 11.9. The molecule has 3 rings (SSSR count). The van der Waals surface area contributed by atoms with E-state index in [1.165, 1.54) is 12.4 Å². The van der Waals surface area contributed by atoms with E-state index in [1.807, 2.05) is 25.1 Å². The Hall–Kier alpha value is -3.53. The molecule has 0 bridgehead atoms. The maximum Gasteiger partial charge on any atom is 0.254 e. The van der Waals surface area contributed by atoms with Gasteiger partial charge in [0, 0.05) is 24.7 Å². The van der Waals surface area contributed by atoms with Crippen LogP contribution in [0.3, 0.4) is 0 Å². The van der Waals surface area contributed by atoms with Crippen LogP contribution < -0.4 is 21.8 Å². The summed E-state index contributed by atoms with van der Waals surface area (Å²) in [4.78, 5) is 20.7. The van der Waals surface area contributed by atoms with Crippen molar-refractivity contribution in [3.63, 3.8) is 0 Å².